The third-order valence-electron chi connectivity index (χ3n) is 3.91. The predicted octanol–water partition coefficient (Wildman–Crippen LogP) is 2.65. The zero-order valence-electron chi connectivity index (χ0n) is 11.6. The molecule has 0 amide bonds. The van der Waals surface area contributed by atoms with Crippen LogP contribution in [0.5, 0.6) is 0 Å². The molecule has 0 unspecified atom stereocenters. The lowest BCUT2D eigenvalue weighted by Crippen LogP contribution is -2.14. The highest BCUT2D eigenvalue weighted by molar-refractivity contribution is 7.92. The van der Waals surface area contributed by atoms with Gasteiger partial charge in [-0.3, -0.25) is 0 Å². The third-order valence-corrected chi connectivity index (χ3v) is 5.27. The second kappa shape index (κ2) is 5.85. The Morgan fingerprint density at radius 1 is 1.10 bits per heavy atom. The highest BCUT2D eigenvalue weighted by Crippen LogP contribution is 2.32. The van der Waals surface area contributed by atoms with Gasteiger partial charge in [0.25, 0.3) is 10.0 Å². The van der Waals surface area contributed by atoms with Gasteiger partial charge in [0.05, 0.1) is 4.90 Å². The van der Waals surface area contributed by atoms with Gasteiger partial charge in [0.1, 0.15) is 6.33 Å². The number of nitrogens with zero attached hydrogens (tertiary/aromatic N) is 2. The molecule has 1 heterocycles. The fourth-order valence-electron chi connectivity index (χ4n) is 2.80. The van der Waals surface area contributed by atoms with Crippen LogP contribution in [0.3, 0.4) is 0 Å². The molecule has 1 aromatic carbocycles. The largest absolute Gasteiger partial charge is 0.264 e. The van der Waals surface area contributed by atoms with E-state index in [1.165, 1.54) is 44.0 Å². The molecule has 1 aromatic heterocycles. The number of H-pyrrole nitrogens is 1. The summed E-state index contributed by atoms with van der Waals surface area (Å²) in [5, 5.41) is 6.09. The van der Waals surface area contributed by atoms with Gasteiger partial charge in [0.15, 0.2) is 0 Å². The van der Waals surface area contributed by atoms with Gasteiger partial charge in [-0.1, -0.05) is 31.4 Å². The van der Waals surface area contributed by atoms with Crippen molar-refractivity contribution in [3.63, 3.8) is 0 Å². The van der Waals surface area contributed by atoms with E-state index in [2.05, 4.69) is 19.9 Å². The van der Waals surface area contributed by atoms with Crippen LogP contribution in [0.4, 0.5) is 5.95 Å². The fraction of sp³-hybridized carbons (Fsp3) is 0.429. The highest BCUT2D eigenvalue weighted by Gasteiger charge is 2.18. The first-order chi connectivity index (χ1) is 10.1. The number of anilines is 1. The van der Waals surface area contributed by atoms with Gasteiger partial charge in [0.2, 0.25) is 5.95 Å². The van der Waals surface area contributed by atoms with Gasteiger partial charge in [-0.2, -0.15) is 10.1 Å². The zero-order valence-corrected chi connectivity index (χ0v) is 12.4. The number of hydrogen-bond donors (Lipinski definition) is 2. The van der Waals surface area contributed by atoms with E-state index in [9.17, 15) is 8.42 Å². The molecule has 2 N–H and O–H groups in total. The van der Waals surface area contributed by atoms with Crippen molar-refractivity contribution in [1.82, 2.24) is 15.2 Å². The second-order valence-corrected chi connectivity index (χ2v) is 7.03. The maximum Gasteiger partial charge on any atom is 0.264 e. The molecule has 2 aromatic rings. The summed E-state index contributed by atoms with van der Waals surface area (Å²) in [6.07, 6.45) is 7.48. The third kappa shape index (κ3) is 3.24. The van der Waals surface area contributed by atoms with Crippen LogP contribution in [0.25, 0.3) is 0 Å². The minimum atomic E-state index is -3.61. The minimum absolute atomic E-state index is 0.117. The van der Waals surface area contributed by atoms with E-state index in [0.29, 0.717) is 5.92 Å². The van der Waals surface area contributed by atoms with Crippen molar-refractivity contribution in [3.05, 3.63) is 36.2 Å². The monoisotopic (exact) mass is 306 g/mol. The summed E-state index contributed by atoms with van der Waals surface area (Å²) >= 11 is 0. The van der Waals surface area contributed by atoms with Crippen molar-refractivity contribution in [2.75, 3.05) is 4.72 Å². The lowest BCUT2D eigenvalue weighted by Gasteiger charge is -2.22. The Morgan fingerprint density at radius 2 is 1.81 bits per heavy atom. The molecular formula is C14H18N4O2S. The molecule has 1 aliphatic rings. The van der Waals surface area contributed by atoms with E-state index in [-0.39, 0.29) is 10.8 Å². The molecule has 1 fully saturated rings. The molecule has 0 atom stereocenters. The molecule has 3 rings (SSSR count). The first kappa shape index (κ1) is 14.1. The van der Waals surface area contributed by atoms with Crippen LogP contribution in [0, 0.1) is 0 Å². The molecular weight excluding hydrogens is 288 g/mol. The maximum atomic E-state index is 12.2. The second-order valence-electron chi connectivity index (χ2n) is 5.34. The average Bonchev–Trinajstić information content (AvgIpc) is 3.00. The molecule has 0 aliphatic heterocycles. The van der Waals surface area contributed by atoms with Gasteiger partial charge in [-0.05, 0) is 36.5 Å². The van der Waals surface area contributed by atoms with Crippen molar-refractivity contribution >= 4 is 16.0 Å². The Hall–Kier alpha value is -1.89. The van der Waals surface area contributed by atoms with Crippen LogP contribution in [-0.4, -0.2) is 23.6 Å². The Morgan fingerprint density at radius 3 is 2.43 bits per heavy atom. The molecule has 0 radical (unpaired) electrons. The standard InChI is InChI=1S/C14H18N4O2S/c19-21(20,18-14-15-10-16-17-14)13-8-6-12(7-9-13)11-4-2-1-3-5-11/h6-11H,1-5H2,(H2,15,16,17,18). The van der Waals surface area contributed by atoms with E-state index >= 15 is 0 Å². The van der Waals surface area contributed by atoms with Gasteiger partial charge < -0.3 is 0 Å². The molecule has 6 nitrogen and oxygen atoms in total. The van der Waals surface area contributed by atoms with Gasteiger partial charge in [0, 0.05) is 0 Å². The molecule has 0 bridgehead atoms. The van der Waals surface area contributed by atoms with Crippen molar-refractivity contribution < 1.29 is 8.42 Å². The number of hydrogen-bond acceptors (Lipinski definition) is 4. The summed E-state index contributed by atoms with van der Waals surface area (Å²) < 4.78 is 26.7. The smallest absolute Gasteiger partial charge is 0.248 e. The van der Waals surface area contributed by atoms with Gasteiger partial charge in [-0.15, -0.1) is 0 Å². The van der Waals surface area contributed by atoms with Gasteiger partial charge in [-0.25, -0.2) is 18.2 Å². The van der Waals surface area contributed by atoms with E-state index in [4.69, 9.17) is 0 Å². The summed E-state index contributed by atoms with van der Waals surface area (Å²) in [4.78, 5) is 4.00. The van der Waals surface area contributed by atoms with Crippen LogP contribution in [0.2, 0.25) is 0 Å². The van der Waals surface area contributed by atoms with Crippen LogP contribution >= 0.6 is 0 Å². The normalized spacial score (nSPS) is 16.8. The molecule has 1 aliphatic carbocycles. The van der Waals surface area contributed by atoms with Crippen molar-refractivity contribution in [2.24, 2.45) is 0 Å². The quantitative estimate of drug-likeness (QED) is 0.909. The molecule has 0 spiro atoms. The number of nitrogens with one attached hydrogen (secondary N) is 2. The number of benzene rings is 1. The predicted molar refractivity (Wildman–Crippen MR) is 79.5 cm³/mol. The van der Waals surface area contributed by atoms with E-state index in [1.54, 1.807) is 12.1 Å². The summed E-state index contributed by atoms with van der Waals surface area (Å²) in [6, 6.07) is 7.15. The topological polar surface area (TPSA) is 87.7 Å². The van der Waals surface area contributed by atoms with Crippen LogP contribution in [0.15, 0.2) is 35.5 Å². The molecule has 112 valence electrons. The number of rotatable bonds is 4. The summed E-state index contributed by atoms with van der Waals surface area (Å²) in [7, 11) is -3.61. The molecule has 21 heavy (non-hydrogen) atoms. The van der Waals surface area contributed by atoms with Crippen molar-refractivity contribution in [3.8, 4) is 0 Å². The highest BCUT2D eigenvalue weighted by atomic mass is 32.2. The summed E-state index contributed by atoms with van der Waals surface area (Å²) in [6.45, 7) is 0. The number of aromatic nitrogens is 3. The van der Waals surface area contributed by atoms with E-state index in [1.807, 2.05) is 12.1 Å². The Kier molecular flexibility index (Phi) is 3.92. The lowest BCUT2D eigenvalue weighted by molar-refractivity contribution is 0.443. The first-order valence-corrected chi connectivity index (χ1v) is 8.61. The lowest BCUT2D eigenvalue weighted by atomic mass is 9.84. The maximum absolute atomic E-state index is 12.2. The van der Waals surface area contributed by atoms with Crippen LogP contribution < -0.4 is 4.72 Å². The summed E-state index contributed by atoms with van der Waals surface area (Å²) in [5.74, 6) is 0.684. The van der Waals surface area contributed by atoms with Crippen molar-refractivity contribution in [1.29, 1.82) is 0 Å². The Labute approximate surface area is 124 Å². The SMILES string of the molecule is O=S(=O)(Nc1ncn[nH]1)c1ccc(C2CCCCC2)cc1. The zero-order chi connectivity index (χ0) is 14.7. The summed E-state index contributed by atoms with van der Waals surface area (Å²) in [5.41, 5.74) is 1.23. The van der Waals surface area contributed by atoms with Crippen molar-refractivity contribution in [2.45, 2.75) is 42.9 Å². The van der Waals surface area contributed by atoms with Crippen LogP contribution in [-0.2, 0) is 10.0 Å². The fourth-order valence-corrected chi connectivity index (χ4v) is 3.76. The molecule has 1 saturated carbocycles. The van der Waals surface area contributed by atoms with E-state index < -0.39 is 10.0 Å². The first-order valence-electron chi connectivity index (χ1n) is 7.13. The van der Waals surface area contributed by atoms with E-state index in [0.717, 1.165) is 0 Å². The molecule has 7 heteroatoms. The molecule has 0 saturated heterocycles. The Bertz CT molecular complexity index is 674. The van der Waals surface area contributed by atoms with Gasteiger partial charge >= 0.3 is 0 Å². The minimum Gasteiger partial charge on any atom is -0.248 e. The average molecular weight is 306 g/mol. The number of aromatic amines is 1. The Balaban J connectivity index is 1.76. The number of sulfonamides is 1. The van der Waals surface area contributed by atoms with Crippen LogP contribution in [0.1, 0.15) is 43.6 Å².